The number of aromatic nitrogens is 1. The molecule has 1 fully saturated rings. The zero-order chi connectivity index (χ0) is 23.9. The summed E-state index contributed by atoms with van der Waals surface area (Å²) in [5.74, 6) is 0.392. The number of carbonyl (C=O) groups is 2. The molecule has 2 aliphatic rings. The van der Waals surface area contributed by atoms with Crippen molar-refractivity contribution in [2.24, 2.45) is 0 Å². The van der Waals surface area contributed by atoms with Gasteiger partial charge in [-0.2, -0.15) is 0 Å². The van der Waals surface area contributed by atoms with Gasteiger partial charge in [0.25, 0.3) is 5.91 Å². The number of benzene rings is 2. The summed E-state index contributed by atoms with van der Waals surface area (Å²) in [5, 5.41) is 4.03. The molecule has 2 amide bonds. The van der Waals surface area contributed by atoms with Gasteiger partial charge in [-0.25, -0.2) is 0 Å². The number of methoxy groups -OCH3 is 1. The van der Waals surface area contributed by atoms with Crippen LogP contribution in [0.3, 0.4) is 0 Å². The largest absolute Gasteiger partial charge is 0.497 e. The summed E-state index contributed by atoms with van der Waals surface area (Å²) in [4.78, 5) is 29.2. The van der Waals surface area contributed by atoms with E-state index in [1.54, 1.807) is 12.0 Å². The summed E-state index contributed by atoms with van der Waals surface area (Å²) < 4.78 is 13.1. The van der Waals surface area contributed by atoms with E-state index >= 15 is 0 Å². The number of fused-ring (bicyclic) bond motifs is 3. The summed E-state index contributed by atoms with van der Waals surface area (Å²) in [6.45, 7) is 5.79. The smallest absolute Gasteiger partial charge is 0.271 e. The van der Waals surface area contributed by atoms with E-state index in [2.05, 4.69) is 5.32 Å². The highest BCUT2D eigenvalue weighted by atomic mass is 16.5. The van der Waals surface area contributed by atoms with Crippen molar-refractivity contribution in [3.8, 4) is 5.75 Å². The number of nitrogens with zero attached hydrogens (tertiary/aromatic N) is 2. The number of hydrogen-bond acceptors (Lipinski definition) is 4. The van der Waals surface area contributed by atoms with Gasteiger partial charge in [0.2, 0.25) is 5.91 Å². The highest BCUT2D eigenvalue weighted by molar-refractivity contribution is 6.03. The van der Waals surface area contributed by atoms with E-state index in [9.17, 15) is 9.59 Å². The summed E-state index contributed by atoms with van der Waals surface area (Å²) in [6, 6.07) is 15.8. The normalized spacial score (nSPS) is 22.1. The van der Waals surface area contributed by atoms with Gasteiger partial charge in [-0.3, -0.25) is 9.59 Å². The first kappa shape index (κ1) is 22.5. The fourth-order valence-corrected chi connectivity index (χ4v) is 4.98. The van der Waals surface area contributed by atoms with Crippen LogP contribution in [0.15, 0.2) is 48.5 Å². The molecular weight excluding hydrogens is 430 g/mol. The second kappa shape index (κ2) is 8.80. The Labute approximate surface area is 199 Å². The molecule has 0 saturated carbocycles. The highest BCUT2D eigenvalue weighted by Crippen LogP contribution is 2.35. The molecule has 1 N–H and O–H groups in total. The maximum atomic E-state index is 13.9. The Morgan fingerprint density at radius 1 is 1.21 bits per heavy atom. The molecule has 2 aromatic carbocycles. The number of carbonyl (C=O) groups excluding carboxylic acids is 2. The van der Waals surface area contributed by atoms with Gasteiger partial charge >= 0.3 is 0 Å². The van der Waals surface area contributed by atoms with E-state index in [0.29, 0.717) is 31.1 Å². The third kappa shape index (κ3) is 3.94. The number of amides is 2. The Morgan fingerprint density at radius 3 is 2.71 bits per heavy atom. The number of rotatable bonds is 6. The van der Waals surface area contributed by atoms with Gasteiger partial charge < -0.3 is 24.3 Å². The molecule has 0 radical (unpaired) electrons. The van der Waals surface area contributed by atoms with E-state index in [-0.39, 0.29) is 17.9 Å². The van der Waals surface area contributed by atoms with Crippen LogP contribution in [0.5, 0.6) is 5.75 Å². The van der Waals surface area contributed by atoms with Crippen LogP contribution in [0.2, 0.25) is 0 Å². The molecule has 3 heterocycles. The molecule has 0 bridgehead atoms. The van der Waals surface area contributed by atoms with Crippen LogP contribution < -0.4 is 10.1 Å². The lowest BCUT2D eigenvalue weighted by Gasteiger charge is -2.44. The zero-order valence-electron chi connectivity index (χ0n) is 20.0. The monoisotopic (exact) mass is 461 g/mol. The molecular formula is C27H31N3O4. The Bertz CT molecular complexity index is 1230. The van der Waals surface area contributed by atoms with Crippen LogP contribution in [-0.4, -0.2) is 53.2 Å². The van der Waals surface area contributed by atoms with Gasteiger partial charge in [-0.05, 0) is 50.5 Å². The second-order valence-corrected chi connectivity index (χ2v) is 9.54. The maximum absolute atomic E-state index is 13.9. The van der Waals surface area contributed by atoms with Crippen molar-refractivity contribution in [3.63, 3.8) is 0 Å². The van der Waals surface area contributed by atoms with Crippen molar-refractivity contribution in [1.82, 2.24) is 14.8 Å². The molecule has 2 aliphatic heterocycles. The van der Waals surface area contributed by atoms with Crippen LogP contribution in [0.1, 0.15) is 41.4 Å². The van der Waals surface area contributed by atoms with Gasteiger partial charge in [-0.15, -0.1) is 0 Å². The first-order chi connectivity index (χ1) is 16.4. The van der Waals surface area contributed by atoms with Gasteiger partial charge in [0.05, 0.1) is 25.3 Å². The molecule has 178 valence electrons. The van der Waals surface area contributed by atoms with Crippen LogP contribution in [0.25, 0.3) is 10.9 Å². The van der Waals surface area contributed by atoms with Crippen molar-refractivity contribution < 1.29 is 19.1 Å². The zero-order valence-corrected chi connectivity index (χ0v) is 20.0. The van der Waals surface area contributed by atoms with E-state index in [0.717, 1.165) is 41.5 Å². The minimum Gasteiger partial charge on any atom is -0.497 e. The minimum absolute atomic E-state index is 0.0321. The van der Waals surface area contributed by atoms with Crippen LogP contribution in [-0.2, 0) is 22.6 Å². The lowest BCUT2D eigenvalue weighted by Crippen LogP contribution is -2.64. The van der Waals surface area contributed by atoms with Crippen molar-refractivity contribution in [2.45, 2.75) is 51.4 Å². The molecule has 0 unspecified atom stereocenters. The van der Waals surface area contributed by atoms with E-state index in [4.69, 9.17) is 9.47 Å². The third-order valence-electron chi connectivity index (χ3n) is 7.10. The molecule has 1 saturated heterocycles. The van der Waals surface area contributed by atoms with Crippen molar-refractivity contribution in [3.05, 3.63) is 65.4 Å². The average Bonchev–Trinajstić information content (AvgIpc) is 3.49. The van der Waals surface area contributed by atoms with Crippen LogP contribution in [0, 0.1) is 6.92 Å². The van der Waals surface area contributed by atoms with Crippen LogP contribution >= 0.6 is 0 Å². The van der Waals surface area contributed by atoms with E-state index < -0.39 is 5.54 Å². The Kier molecular flexibility index (Phi) is 5.81. The average molecular weight is 462 g/mol. The van der Waals surface area contributed by atoms with Gasteiger partial charge in [0.1, 0.15) is 17.0 Å². The number of ether oxygens (including phenoxy) is 2. The number of aryl methyl sites for hydroxylation is 1. The predicted molar refractivity (Wildman–Crippen MR) is 130 cm³/mol. The summed E-state index contributed by atoms with van der Waals surface area (Å²) >= 11 is 0. The molecule has 34 heavy (non-hydrogen) atoms. The molecule has 3 aromatic rings. The second-order valence-electron chi connectivity index (χ2n) is 9.54. The van der Waals surface area contributed by atoms with Gasteiger partial charge in [-0.1, -0.05) is 29.8 Å². The predicted octanol–water partition coefficient (Wildman–Crippen LogP) is 3.67. The molecule has 7 heteroatoms. The van der Waals surface area contributed by atoms with Crippen molar-refractivity contribution in [2.75, 3.05) is 20.3 Å². The molecule has 1 aromatic heterocycles. The highest BCUT2D eigenvalue weighted by Gasteiger charge is 2.47. The Hall–Kier alpha value is -3.32. The summed E-state index contributed by atoms with van der Waals surface area (Å²) in [6.07, 6.45) is 1.98. The first-order valence-corrected chi connectivity index (χ1v) is 11.8. The Balaban J connectivity index is 1.53. The number of nitrogens with one attached hydrogen (secondary N) is 1. The molecule has 5 rings (SSSR count). The topological polar surface area (TPSA) is 72.8 Å². The van der Waals surface area contributed by atoms with E-state index in [1.165, 1.54) is 0 Å². The van der Waals surface area contributed by atoms with Gasteiger partial charge in [0, 0.05) is 31.1 Å². The lowest BCUT2D eigenvalue weighted by molar-refractivity contribution is -0.133. The maximum Gasteiger partial charge on any atom is 0.271 e. The van der Waals surface area contributed by atoms with Crippen LogP contribution in [0.4, 0.5) is 0 Å². The fourth-order valence-electron chi connectivity index (χ4n) is 4.98. The number of hydrogen-bond donors (Lipinski definition) is 1. The molecule has 2 atom stereocenters. The van der Waals surface area contributed by atoms with Gasteiger partial charge in [0.15, 0.2) is 0 Å². The molecule has 0 spiro atoms. The molecule has 0 aliphatic carbocycles. The van der Waals surface area contributed by atoms with Crippen molar-refractivity contribution >= 4 is 22.7 Å². The van der Waals surface area contributed by atoms with E-state index in [1.807, 2.05) is 66.9 Å². The standard InChI is InChI=1S/C27H31N3O4/c1-18-6-8-19(9-7-18)16-30-25(31)24-13-20-10-11-21(33-3)14-23(20)29(24)17-27(30,2)26(32)28-15-22-5-4-12-34-22/h6-11,13-14,22H,4-5,12,15-17H2,1-3H3,(H,28,32)/t22-,27+/m0/s1. The summed E-state index contributed by atoms with van der Waals surface area (Å²) in [7, 11) is 1.62. The minimum atomic E-state index is -1.07. The quantitative estimate of drug-likeness (QED) is 0.608. The molecule has 7 nitrogen and oxygen atoms in total. The Morgan fingerprint density at radius 2 is 2.00 bits per heavy atom. The summed E-state index contributed by atoms with van der Waals surface area (Å²) in [5.41, 5.74) is 2.54. The van der Waals surface area contributed by atoms with Crippen molar-refractivity contribution in [1.29, 1.82) is 0 Å². The third-order valence-corrected chi connectivity index (χ3v) is 7.10. The fraction of sp³-hybridized carbons (Fsp3) is 0.407. The lowest BCUT2D eigenvalue weighted by atomic mass is 9.93. The first-order valence-electron chi connectivity index (χ1n) is 11.8. The SMILES string of the molecule is COc1ccc2cc3n(c2c1)C[C@](C)(C(=O)NC[C@@H]1CCCO1)N(Cc1ccc(C)cc1)C3=O.